The van der Waals surface area contributed by atoms with E-state index in [1.807, 2.05) is 4.57 Å². The van der Waals surface area contributed by atoms with Crippen LogP contribution in [0.3, 0.4) is 0 Å². The van der Waals surface area contributed by atoms with E-state index in [9.17, 15) is 21.9 Å². The Morgan fingerprint density at radius 3 is 2.70 bits per heavy atom. The lowest BCUT2D eigenvalue weighted by Crippen LogP contribution is -2.10. The van der Waals surface area contributed by atoms with E-state index >= 15 is 0 Å². The van der Waals surface area contributed by atoms with Crippen molar-refractivity contribution in [2.24, 2.45) is 0 Å². The lowest BCUT2D eigenvalue weighted by Gasteiger charge is -2.19. The molecule has 1 N–H and O–H groups in total. The Hall–Kier alpha value is -3.24. The van der Waals surface area contributed by atoms with Crippen molar-refractivity contribution >= 4 is 21.2 Å². The molecule has 10 heteroatoms. The first-order valence-corrected chi connectivity index (χ1v) is 12.1. The molecule has 1 aliphatic rings. The molecule has 0 bridgehead atoms. The van der Waals surface area contributed by atoms with Crippen LogP contribution in [0.15, 0.2) is 59.8 Å². The number of halogens is 3. The first-order valence-electron chi connectivity index (χ1n) is 10.1. The van der Waals surface area contributed by atoms with Gasteiger partial charge in [-0.1, -0.05) is 22.4 Å². The van der Waals surface area contributed by atoms with Gasteiger partial charge in [0.2, 0.25) is 0 Å². The summed E-state index contributed by atoms with van der Waals surface area (Å²) in [7, 11) is -3.23. The van der Waals surface area contributed by atoms with Gasteiger partial charge in [-0.15, -0.1) is 0 Å². The van der Waals surface area contributed by atoms with Crippen molar-refractivity contribution in [1.29, 1.82) is 0 Å². The van der Waals surface area contributed by atoms with Crippen LogP contribution < -0.4 is 4.74 Å². The second-order valence-corrected chi connectivity index (χ2v) is 9.90. The van der Waals surface area contributed by atoms with Crippen LogP contribution in [0.5, 0.6) is 5.75 Å². The van der Waals surface area contributed by atoms with Crippen molar-refractivity contribution in [2.45, 2.75) is 30.5 Å². The summed E-state index contributed by atoms with van der Waals surface area (Å²) in [5.41, 5.74) is 2.41. The molecular weight excluding hydrogens is 455 g/mol. The van der Waals surface area contributed by atoms with E-state index in [1.165, 1.54) is 30.5 Å². The van der Waals surface area contributed by atoms with E-state index in [4.69, 9.17) is 4.74 Å². The van der Waals surface area contributed by atoms with Crippen molar-refractivity contribution < 1.29 is 26.7 Å². The van der Waals surface area contributed by atoms with Crippen LogP contribution >= 0.6 is 0 Å². The summed E-state index contributed by atoms with van der Waals surface area (Å²) in [6, 6.07) is 12.3. The van der Waals surface area contributed by atoms with Gasteiger partial charge in [0.1, 0.15) is 23.6 Å². The molecule has 2 atom stereocenters. The number of fused-ring (bicyclic) bond motifs is 3. The molecule has 0 aliphatic carbocycles. The van der Waals surface area contributed by atoms with Gasteiger partial charge in [0, 0.05) is 41.4 Å². The minimum atomic E-state index is -3.23. The summed E-state index contributed by atoms with van der Waals surface area (Å²) in [6.07, 6.45) is 3.76. The number of benzene rings is 2. The molecule has 0 radical (unpaired) electrons. The number of rotatable bonds is 5. The maximum Gasteiger partial charge on any atom is 0.387 e. The number of aryl methyl sites for hydroxylation is 1. The SMILES string of the molecule is C[S+](=O)(O)c1ccc(-c2cc3c(cc2F)nc2n3[C@@H](c3ccccc3OC(F)F)CC2)cn1. The monoisotopic (exact) mass is 474 g/mol. The highest BCUT2D eigenvalue weighted by Gasteiger charge is 2.30. The third-order valence-corrected chi connectivity index (χ3v) is 6.75. The van der Waals surface area contributed by atoms with E-state index < -0.39 is 22.6 Å². The smallest absolute Gasteiger partial charge is 0.387 e. The minimum Gasteiger partial charge on any atom is -0.434 e. The number of alkyl halides is 2. The van der Waals surface area contributed by atoms with Gasteiger partial charge in [0.25, 0.3) is 15.2 Å². The molecule has 0 fully saturated rings. The third-order valence-electron chi connectivity index (χ3n) is 5.73. The summed E-state index contributed by atoms with van der Waals surface area (Å²) >= 11 is 0. The standard InChI is InChI=1S/C23H18F3N3O3S/c1-33(30,31)22-9-6-13(12-27-22)15-10-19-17(11-16(15)24)28-21-8-7-18(29(19)21)14-4-2-3-5-20(14)32-23(25)26/h2-6,9-12,18,23H,7-8H2,1H3/p+1/t18-/m1/s1. The fraction of sp³-hybridized carbons (Fsp3) is 0.217. The Balaban J connectivity index is 1.62. The Bertz CT molecular complexity index is 1400. The van der Waals surface area contributed by atoms with Gasteiger partial charge in [-0.3, -0.25) is 0 Å². The van der Waals surface area contributed by atoms with Gasteiger partial charge in [-0.2, -0.15) is 13.3 Å². The Labute approximate surface area is 188 Å². The molecule has 5 rings (SSSR count). The molecule has 0 spiro atoms. The summed E-state index contributed by atoms with van der Waals surface area (Å²) in [6.45, 7) is -2.94. The Kier molecular flexibility index (Phi) is 5.21. The van der Waals surface area contributed by atoms with Crippen LogP contribution in [0.2, 0.25) is 0 Å². The normalized spacial score (nSPS) is 17.3. The van der Waals surface area contributed by atoms with Gasteiger partial charge < -0.3 is 9.30 Å². The zero-order chi connectivity index (χ0) is 23.3. The van der Waals surface area contributed by atoms with Crippen LogP contribution in [-0.4, -0.2) is 32.0 Å². The average Bonchev–Trinajstić information content (AvgIpc) is 3.31. The van der Waals surface area contributed by atoms with Crippen LogP contribution in [-0.2, 0) is 20.8 Å². The number of imidazole rings is 1. The molecule has 0 amide bonds. The zero-order valence-electron chi connectivity index (χ0n) is 17.4. The highest BCUT2D eigenvalue weighted by atomic mass is 32.3. The van der Waals surface area contributed by atoms with Crippen LogP contribution in [0.1, 0.15) is 23.9 Å². The summed E-state index contributed by atoms with van der Waals surface area (Å²) in [5.74, 6) is 0.326. The summed E-state index contributed by atoms with van der Waals surface area (Å²) < 4.78 is 68.9. The third kappa shape index (κ3) is 3.89. The largest absolute Gasteiger partial charge is 0.434 e. The maximum absolute atomic E-state index is 14.9. The average molecular weight is 474 g/mol. The summed E-state index contributed by atoms with van der Waals surface area (Å²) in [5, 5.41) is 0.00804. The second kappa shape index (κ2) is 7.96. The lowest BCUT2D eigenvalue weighted by molar-refractivity contribution is -0.0506. The fourth-order valence-electron chi connectivity index (χ4n) is 4.32. The van der Waals surface area contributed by atoms with E-state index in [2.05, 4.69) is 9.97 Å². The van der Waals surface area contributed by atoms with Gasteiger partial charge in [0.05, 0.1) is 17.1 Å². The molecule has 0 saturated heterocycles. The highest BCUT2D eigenvalue weighted by molar-refractivity contribution is 7.97. The van der Waals surface area contributed by atoms with Crippen molar-refractivity contribution in [1.82, 2.24) is 14.5 Å². The molecule has 2 aromatic carbocycles. The molecule has 170 valence electrons. The van der Waals surface area contributed by atoms with E-state index in [-0.39, 0.29) is 22.4 Å². The molecular formula is C23H19F3N3O3S+. The van der Waals surface area contributed by atoms with Crippen LogP contribution in [0, 0.1) is 5.82 Å². The molecule has 1 unspecified atom stereocenters. The van der Waals surface area contributed by atoms with E-state index in [0.29, 0.717) is 35.0 Å². The molecule has 2 aromatic heterocycles. The number of hydrogen-bond donors (Lipinski definition) is 1. The quantitative estimate of drug-likeness (QED) is 0.396. The predicted molar refractivity (Wildman–Crippen MR) is 117 cm³/mol. The highest BCUT2D eigenvalue weighted by Crippen LogP contribution is 2.40. The van der Waals surface area contributed by atoms with Crippen LogP contribution in [0.25, 0.3) is 22.2 Å². The Morgan fingerprint density at radius 2 is 2.00 bits per heavy atom. The van der Waals surface area contributed by atoms with Crippen molar-refractivity contribution in [3.63, 3.8) is 0 Å². The topological polar surface area (TPSA) is 77.2 Å². The van der Waals surface area contributed by atoms with E-state index in [0.717, 1.165) is 12.1 Å². The number of hydrogen-bond acceptors (Lipinski definition) is 4. The van der Waals surface area contributed by atoms with Gasteiger partial charge in [-0.05, 0) is 24.6 Å². The summed E-state index contributed by atoms with van der Waals surface area (Å²) in [4.78, 5) is 8.56. The van der Waals surface area contributed by atoms with Crippen molar-refractivity contribution in [3.05, 3.63) is 71.9 Å². The number of aromatic nitrogens is 3. The Morgan fingerprint density at radius 1 is 1.21 bits per heavy atom. The molecule has 4 aromatic rings. The van der Waals surface area contributed by atoms with Gasteiger partial charge >= 0.3 is 6.61 Å². The molecule has 33 heavy (non-hydrogen) atoms. The molecule has 3 heterocycles. The maximum atomic E-state index is 14.9. The van der Waals surface area contributed by atoms with Gasteiger partial charge in [-0.25, -0.2) is 14.4 Å². The van der Waals surface area contributed by atoms with E-state index in [1.54, 1.807) is 24.3 Å². The van der Waals surface area contributed by atoms with Crippen molar-refractivity contribution in [2.75, 3.05) is 6.26 Å². The first kappa shape index (κ1) is 21.6. The number of para-hydroxylation sites is 1. The second-order valence-electron chi connectivity index (χ2n) is 7.88. The number of ether oxygens (including phenoxy) is 1. The van der Waals surface area contributed by atoms with Crippen LogP contribution in [0.4, 0.5) is 13.2 Å². The lowest BCUT2D eigenvalue weighted by atomic mass is 10.0. The molecule has 1 aliphatic heterocycles. The van der Waals surface area contributed by atoms with Gasteiger partial charge in [0.15, 0.2) is 0 Å². The number of nitrogens with zero attached hydrogens (tertiary/aromatic N) is 3. The number of pyridine rings is 1. The first-order chi connectivity index (χ1) is 15.7. The molecule has 0 saturated carbocycles. The zero-order valence-corrected chi connectivity index (χ0v) is 18.2. The van der Waals surface area contributed by atoms with Crippen molar-refractivity contribution in [3.8, 4) is 16.9 Å². The predicted octanol–water partition coefficient (Wildman–Crippen LogP) is 5.34. The minimum absolute atomic E-state index is 0.00804. The molecule has 6 nitrogen and oxygen atoms in total. The fourth-order valence-corrected chi connectivity index (χ4v) is 4.89.